The summed E-state index contributed by atoms with van der Waals surface area (Å²) in [4.78, 5) is 27.8. The Hall–Kier alpha value is -4.15. The van der Waals surface area contributed by atoms with Crippen molar-refractivity contribution in [2.45, 2.75) is 24.8 Å². The highest BCUT2D eigenvalue weighted by molar-refractivity contribution is 7.89. The van der Waals surface area contributed by atoms with E-state index in [1.807, 2.05) is 13.8 Å². The smallest absolute Gasteiger partial charge is 0.300 e. The van der Waals surface area contributed by atoms with Crippen molar-refractivity contribution in [1.82, 2.24) is 0 Å². The van der Waals surface area contributed by atoms with E-state index in [-0.39, 0.29) is 27.8 Å². The molecule has 1 heterocycles. The van der Waals surface area contributed by atoms with Gasteiger partial charge in [-0.2, -0.15) is 0 Å². The molecule has 3 aromatic rings. The van der Waals surface area contributed by atoms with Crippen LogP contribution in [0.5, 0.6) is 11.5 Å². The molecule has 0 bridgehead atoms. The quantitative estimate of drug-likeness (QED) is 0.252. The second kappa shape index (κ2) is 10.7. The Morgan fingerprint density at radius 3 is 2.29 bits per heavy atom. The van der Waals surface area contributed by atoms with Crippen LogP contribution in [0, 0.1) is 5.92 Å². The van der Waals surface area contributed by atoms with Gasteiger partial charge in [0.05, 0.1) is 30.2 Å². The van der Waals surface area contributed by atoms with Crippen molar-refractivity contribution in [2.24, 2.45) is 11.1 Å². The Kier molecular flexibility index (Phi) is 7.56. The lowest BCUT2D eigenvalue weighted by atomic mass is 9.95. The van der Waals surface area contributed by atoms with Gasteiger partial charge in [0.15, 0.2) is 0 Å². The standard InChI is InChI=1S/C28H28N2O7S/c1-17(2)16-37-22-9-5-7-19(15-22)26(31)24-25(18-6-4-8-21(14-18)36-3)30(28(33)27(24)32)20-10-12-23(13-11-20)38(29,34)35/h4-15,17,25,31H,16H2,1-3H3,(H2,29,34,35)/b26-24+. The molecule has 0 aliphatic carbocycles. The monoisotopic (exact) mass is 536 g/mol. The fourth-order valence-corrected chi connectivity index (χ4v) is 4.69. The lowest BCUT2D eigenvalue weighted by molar-refractivity contribution is -0.132. The average Bonchev–Trinajstić information content (AvgIpc) is 3.17. The molecule has 1 fully saturated rings. The van der Waals surface area contributed by atoms with Gasteiger partial charge in [-0.1, -0.05) is 38.1 Å². The highest BCUT2D eigenvalue weighted by Crippen LogP contribution is 2.43. The molecular formula is C28H28N2O7S. The molecule has 0 radical (unpaired) electrons. The van der Waals surface area contributed by atoms with Gasteiger partial charge in [0, 0.05) is 11.3 Å². The van der Waals surface area contributed by atoms with Gasteiger partial charge in [-0.25, -0.2) is 13.6 Å². The number of Topliss-reactive ketones (excluding diaryl/α,β-unsaturated/α-hetero) is 1. The highest BCUT2D eigenvalue weighted by atomic mass is 32.2. The lowest BCUT2D eigenvalue weighted by Gasteiger charge is -2.26. The fourth-order valence-electron chi connectivity index (χ4n) is 4.17. The minimum atomic E-state index is -3.96. The molecule has 1 amide bonds. The molecule has 0 spiro atoms. The van der Waals surface area contributed by atoms with E-state index < -0.39 is 27.8 Å². The van der Waals surface area contributed by atoms with Crippen LogP contribution in [0.2, 0.25) is 0 Å². The third kappa shape index (κ3) is 5.41. The predicted octanol–water partition coefficient (Wildman–Crippen LogP) is 4.00. The van der Waals surface area contributed by atoms with E-state index in [1.165, 1.54) is 36.3 Å². The van der Waals surface area contributed by atoms with Gasteiger partial charge < -0.3 is 14.6 Å². The third-order valence-corrected chi connectivity index (χ3v) is 6.92. The van der Waals surface area contributed by atoms with Crippen molar-refractivity contribution in [2.75, 3.05) is 18.6 Å². The van der Waals surface area contributed by atoms with Crippen molar-refractivity contribution >= 4 is 33.2 Å². The topological polar surface area (TPSA) is 136 Å². The maximum atomic E-state index is 13.4. The van der Waals surface area contributed by atoms with Crippen molar-refractivity contribution < 1.29 is 32.6 Å². The SMILES string of the molecule is COc1cccc(C2/C(=C(\O)c3cccc(OCC(C)C)c3)C(=O)C(=O)N2c2ccc(S(N)(=O)=O)cc2)c1. The number of anilines is 1. The summed E-state index contributed by atoms with van der Waals surface area (Å²) in [6.45, 7) is 4.48. The van der Waals surface area contributed by atoms with Crippen molar-refractivity contribution in [1.29, 1.82) is 0 Å². The number of carbonyl (C=O) groups excluding carboxylic acids is 2. The normalized spacial score (nSPS) is 17.2. The van der Waals surface area contributed by atoms with Gasteiger partial charge in [0.2, 0.25) is 10.0 Å². The largest absolute Gasteiger partial charge is 0.507 e. The molecule has 1 aliphatic heterocycles. The molecule has 4 rings (SSSR count). The van der Waals surface area contributed by atoms with Crippen LogP contribution in [0.15, 0.2) is 83.3 Å². The summed E-state index contributed by atoms with van der Waals surface area (Å²) < 4.78 is 34.6. The molecule has 9 nitrogen and oxygen atoms in total. The van der Waals surface area contributed by atoms with Crippen molar-refractivity contribution in [3.05, 3.63) is 89.5 Å². The molecule has 1 aliphatic rings. The first-order chi connectivity index (χ1) is 18.0. The van der Waals surface area contributed by atoms with E-state index in [4.69, 9.17) is 14.6 Å². The number of nitrogens with two attached hydrogens (primary N) is 1. The number of aliphatic hydroxyl groups excluding tert-OH is 1. The third-order valence-electron chi connectivity index (χ3n) is 5.99. The number of nitrogens with zero attached hydrogens (tertiary/aromatic N) is 1. The number of methoxy groups -OCH3 is 1. The Bertz CT molecular complexity index is 1510. The van der Waals surface area contributed by atoms with Gasteiger partial charge >= 0.3 is 0 Å². The number of amides is 1. The number of ether oxygens (including phenoxy) is 2. The molecule has 38 heavy (non-hydrogen) atoms. The minimum Gasteiger partial charge on any atom is -0.507 e. The number of rotatable bonds is 8. The summed E-state index contributed by atoms with van der Waals surface area (Å²) in [5.41, 5.74) is 0.940. The number of aliphatic hydroxyl groups is 1. The van der Waals surface area contributed by atoms with E-state index in [1.54, 1.807) is 48.5 Å². The summed E-state index contributed by atoms with van der Waals surface area (Å²) >= 11 is 0. The number of carbonyl (C=O) groups is 2. The van der Waals surface area contributed by atoms with Crippen molar-refractivity contribution in [3.8, 4) is 11.5 Å². The molecular weight excluding hydrogens is 508 g/mol. The zero-order valence-corrected chi connectivity index (χ0v) is 21.9. The first-order valence-corrected chi connectivity index (χ1v) is 13.4. The van der Waals surface area contributed by atoms with E-state index in [0.717, 1.165) is 0 Å². The van der Waals surface area contributed by atoms with E-state index in [2.05, 4.69) is 0 Å². The average molecular weight is 537 g/mol. The van der Waals surface area contributed by atoms with Crippen molar-refractivity contribution in [3.63, 3.8) is 0 Å². The maximum absolute atomic E-state index is 13.4. The number of hydrogen-bond donors (Lipinski definition) is 2. The van der Waals surface area contributed by atoms with E-state index in [9.17, 15) is 23.1 Å². The predicted molar refractivity (Wildman–Crippen MR) is 142 cm³/mol. The number of benzene rings is 3. The Morgan fingerprint density at radius 2 is 1.66 bits per heavy atom. The fraction of sp³-hybridized carbons (Fsp3) is 0.214. The molecule has 3 N–H and O–H groups in total. The minimum absolute atomic E-state index is 0.125. The maximum Gasteiger partial charge on any atom is 0.300 e. The zero-order valence-electron chi connectivity index (χ0n) is 21.1. The second-order valence-electron chi connectivity index (χ2n) is 9.22. The van der Waals surface area contributed by atoms with Gasteiger partial charge in [0.1, 0.15) is 17.3 Å². The van der Waals surface area contributed by atoms with Gasteiger partial charge in [0.25, 0.3) is 11.7 Å². The summed E-state index contributed by atoms with van der Waals surface area (Å²) in [5, 5.41) is 16.6. The first-order valence-electron chi connectivity index (χ1n) is 11.8. The van der Waals surface area contributed by atoms with Crippen LogP contribution in [0.4, 0.5) is 5.69 Å². The molecule has 1 atom stereocenters. The van der Waals surface area contributed by atoms with Crippen LogP contribution in [-0.2, 0) is 19.6 Å². The van der Waals surface area contributed by atoms with Crippen LogP contribution < -0.4 is 19.5 Å². The Balaban J connectivity index is 1.88. The molecule has 3 aromatic carbocycles. The summed E-state index contributed by atoms with van der Waals surface area (Å²) in [7, 11) is -2.47. The van der Waals surface area contributed by atoms with Gasteiger partial charge in [-0.3, -0.25) is 14.5 Å². The van der Waals surface area contributed by atoms with Crippen LogP contribution in [0.25, 0.3) is 5.76 Å². The van der Waals surface area contributed by atoms with Gasteiger partial charge in [-0.15, -0.1) is 0 Å². The number of sulfonamides is 1. The second-order valence-corrected chi connectivity index (χ2v) is 10.8. The van der Waals surface area contributed by atoms with Gasteiger partial charge in [-0.05, 0) is 60.0 Å². The number of primary sulfonamides is 1. The number of ketones is 1. The molecule has 0 aromatic heterocycles. The number of hydrogen-bond acceptors (Lipinski definition) is 7. The van der Waals surface area contributed by atoms with Crippen LogP contribution in [0.3, 0.4) is 0 Å². The first kappa shape index (κ1) is 26.9. The molecule has 198 valence electrons. The molecule has 1 saturated heterocycles. The molecule has 1 unspecified atom stereocenters. The zero-order chi connectivity index (χ0) is 27.6. The summed E-state index contributed by atoms with van der Waals surface area (Å²) in [6.07, 6.45) is 0. The molecule has 0 saturated carbocycles. The van der Waals surface area contributed by atoms with Crippen LogP contribution in [0.1, 0.15) is 31.0 Å². The summed E-state index contributed by atoms with van der Waals surface area (Å²) in [5.74, 6) is -0.856. The van der Waals surface area contributed by atoms with Crippen LogP contribution in [-0.4, -0.2) is 38.9 Å². The molecule has 10 heteroatoms. The lowest BCUT2D eigenvalue weighted by Crippen LogP contribution is -2.29. The van der Waals surface area contributed by atoms with E-state index in [0.29, 0.717) is 29.2 Å². The highest BCUT2D eigenvalue weighted by Gasteiger charge is 2.47. The Morgan fingerprint density at radius 1 is 1.00 bits per heavy atom. The van der Waals surface area contributed by atoms with Crippen LogP contribution >= 0.6 is 0 Å². The summed E-state index contributed by atoms with van der Waals surface area (Å²) in [6, 6.07) is 17.7. The Labute approximate surface area is 221 Å². The van der Waals surface area contributed by atoms with E-state index >= 15 is 0 Å².